The summed E-state index contributed by atoms with van der Waals surface area (Å²) in [6, 6.07) is 0. The highest BCUT2D eigenvalue weighted by atomic mass is 16.7. The molecule has 2 atom stereocenters. The molecule has 0 rings (SSSR count). The lowest BCUT2D eigenvalue weighted by Crippen LogP contribution is -2.44. The largest absolute Gasteiger partial charge is 0.545 e. The Morgan fingerprint density at radius 1 is 0.301 bits per heavy atom. The molecule has 0 saturated heterocycles. The van der Waals surface area contributed by atoms with E-state index in [0.717, 1.165) is 77.0 Å². The van der Waals surface area contributed by atoms with E-state index in [4.69, 9.17) is 18.9 Å². The third-order valence-electron chi connectivity index (χ3n) is 19.8. The van der Waals surface area contributed by atoms with E-state index in [-0.39, 0.29) is 32.2 Å². The van der Waals surface area contributed by atoms with Crippen LogP contribution in [-0.4, -0.2) is 82.3 Å². The smallest absolute Gasteiger partial charge is 0.306 e. The van der Waals surface area contributed by atoms with Crippen molar-refractivity contribution in [1.82, 2.24) is 0 Å². The number of esters is 2. The molecule has 0 aliphatic heterocycles. The summed E-state index contributed by atoms with van der Waals surface area (Å²) in [7, 11) is 5.95. The van der Waals surface area contributed by atoms with Crippen molar-refractivity contribution in [3.05, 3.63) is 97.2 Å². The molecule has 9 nitrogen and oxygen atoms in total. The van der Waals surface area contributed by atoms with Crippen molar-refractivity contribution in [2.75, 3.05) is 47.5 Å². The SMILES string of the molecule is CC/C=C\C/C=C\C/C=C\C/C=C\C/C=C\C/C=C\CCCCCCCCCCCCCCCCCCCCC(=O)OC(COC(=O)CCCCCCCCCCCCCCCCCCCCCCCCCCCCCCC/C=C\C/C=C\CCCCCCC)COC(OCC[N+](C)(C)C)C(=O)[O-]. The number of allylic oxidation sites excluding steroid dienone is 16. The normalized spacial score (nSPS) is 13.1. The molecule has 0 N–H and O–H groups in total. The minimum absolute atomic E-state index is 0.148. The van der Waals surface area contributed by atoms with Gasteiger partial charge in [0.2, 0.25) is 0 Å². The van der Waals surface area contributed by atoms with Crippen molar-refractivity contribution in [2.24, 2.45) is 0 Å². The van der Waals surface area contributed by atoms with Gasteiger partial charge in [0.15, 0.2) is 12.4 Å². The predicted octanol–water partition coefficient (Wildman–Crippen LogP) is 27.7. The van der Waals surface area contributed by atoms with Crippen LogP contribution >= 0.6 is 0 Å². The van der Waals surface area contributed by atoms with Gasteiger partial charge in [-0.15, -0.1) is 0 Å². The first-order valence-electron chi connectivity index (χ1n) is 44.4. The second kappa shape index (κ2) is 83.8. The number of ether oxygens (including phenoxy) is 4. The average molecular weight is 1440 g/mol. The van der Waals surface area contributed by atoms with Crippen LogP contribution in [0, 0.1) is 0 Å². The van der Waals surface area contributed by atoms with Gasteiger partial charge in [0, 0.05) is 12.8 Å². The maximum atomic E-state index is 13.0. The van der Waals surface area contributed by atoms with E-state index < -0.39 is 24.3 Å². The van der Waals surface area contributed by atoms with Crippen LogP contribution in [0.3, 0.4) is 0 Å². The summed E-state index contributed by atoms with van der Waals surface area (Å²) < 4.78 is 22.9. The molecule has 0 aromatic rings. The van der Waals surface area contributed by atoms with E-state index in [2.05, 4.69) is 111 Å². The first-order valence-corrected chi connectivity index (χ1v) is 44.4. The van der Waals surface area contributed by atoms with Crippen LogP contribution in [0.5, 0.6) is 0 Å². The number of nitrogens with zero attached hydrogens (tertiary/aromatic N) is 1. The summed E-state index contributed by atoms with van der Waals surface area (Å²) in [5.41, 5.74) is 0. The third-order valence-corrected chi connectivity index (χ3v) is 19.8. The van der Waals surface area contributed by atoms with Gasteiger partial charge in [-0.3, -0.25) is 9.59 Å². The number of carboxylic acid groups (broad SMARTS) is 1. The zero-order valence-electron chi connectivity index (χ0n) is 68.7. The fraction of sp³-hybridized carbons (Fsp3) is 0.798. The second-order valence-electron chi connectivity index (χ2n) is 31.2. The van der Waals surface area contributed by atoms with Gasteiger partial charge in [-0.2, -0.15) is 0 Å². The van der Waals surface area contributed by atoms with Crippen LogP contribution in [0.4, 0.5) is 0 Å². The minimum atomic E-state index is -1.62. The molecule has 598 valence electrons. The number of aliphatic carboxylic acids is 1. The van der Waals surface area contributed by atoms with Crippen molar-refractivity contribution in [1.29, 1.82) is 0 Å². The molecule has 0 amide bonds. The third kappa shape index (κ3) is 85.3. The van der Waals surface area contributed by atoms with E-state index in [9.17, 15) is 19.5 Å². The van der Waals surface area contributed by atoms with Crippen LogP contribution in [0.15, 0.2) is 97.2 Å². The zero-order valence-corrected chi connectivity index (χ0v) is 68.7. The number of carbonyl (C=O) groups is 3. The summed E-state index contributed by atoms with van der Waals surface area (Å²) in [5.74, 6) is -2.26. The maximum Gasteiger partial charge on any atom is 0.306 e. The number of likely N-dealkylation sites (N-methyl/N-ethyl adjacent to an activating group) is 1. The molecule has 0 aromatic heterocycles. The van der Waals surface area contributed by atoms with E-state index in [1.54, 1.807) is 0 Å². The maximum absolute atomic E-state index is 13.0. The average Bonchev–Trinajstić information content (AvgIpc) is 1.16. The minimum Gasteiger partial charge on any atom is -0.545 e. The first kappa shape index (κ1) is 99.2. The van der Waals surface area contributed by atoms with Crippen LogP contribution in [-0.2, 0) is 33.3 Å². The Morgan fingerprint density at radius 3 is 0.825 bits per heavy atom. The molecule has 0 bridgehead atoms. The Morgan fingerprint density at radius 2 is 0.553 bits per heavy atom. The molecule has 0 aliphatic carbocycles. The van der Waals surface area contributed by atoms with Gasteiger partial charge < -0.3 is 33.3 Å². The number of carboxylic acids is 1. The molecule has 0 saturated carbocycles. The topological polar surface area (TPSA) is 111 Å². The quantitative estimate of drug-likeness (QED) is 0.0195. The summed E-state index contributed by atoms with van der Waals surface area (Å²) in [4.78, 5) is 37.7. The van der Waals surface area contributed by atoms with Gasteiger partial charge in [0.05, 0.1) is 40.3 Å². The van der Waals surface area contributed by atoms with Crippen LogP contribution in [0.25, 0.3) is 0 Å². The number of unbranched alkanes of at least 4 members (excludes halogenated alkanes) is 52. The van der Waals surface area contributed by atoms with Gasteiger partial charge >= 0.3 is 11.9 Å². The molecular formula is C94H169NO8. The number of quaternary nitrogens is 1. The lowest BCUT2D eigenvalue weighted by Gasteiger charge is -2.26. The molecule has 0 aliphatic rings. The summed E-state index contributed by atoms with van der Waals surface area (Å²) >= 11 is 0. The summed E-state index contributed by atoms with van der Waals surface area (Å²) in [6.07, 6.45) is 114. The van der Waals surface area contributed by atoms with Crippen LogP contribution < -0.4 is 5.11 Å². The van der Waals surface area contributed by atoms with Gasteiger partial charge in [-0.05, 0) is 96.3 Å². The lowest BCUT2D eigenvalue weighted by molar-refractivity contribution is -0.870. The van der Waals surface area contributed by atoms with Crippen LogP contribution in [0.2, 0.25) is 0 Å². The molecule has 9 heteroatoms. The monoisotopic (exact) mass is 1440 g/mol. The van der Waals surface area contributed by atoms with E-state index in [1.165, 1.54) is 315 Å². The fourth-order valence-electron chi connectivity index (χ4n) is 13.1. The van der Waals surface area contributed by atoms with E-state index >= 15 is 0 Å². The molecule has 0 radical (unpaired) electrons. The van der Waals surface area contributed by atoms with Gasteiger partial charge in [-0.1, -0.05) is 413 Å². The molecule has 0 spiro atoms. The Bertz CT molecular complexity index is 2030. The highest BCUT2D eigenvalue weighted by Crippen LogP contribution is 2.20. The number of rotatable bonds is 83. The van der Waals surface area contributed by atoms with Crippen molar-refractivity contribution < 1.29 is 42.9 Å². The van der Waals surface area contributed by atoms with Crippen molar-refractivity contribution in [2.45, 2.75) is 437 Å². The van der Waals surface area contributed by atoms with Crippen LogP contribution in [0.1, 0.15) is 425 Å². The molecular weight excluding hydrogens is 1270 g/mol. The molecule has 103 heavy (non-hydrogen) atoms. The summed E-state index contributed by atoms with van der Waals surface area (Å²) in [6.45, 7) is 4.68. The number of hydrogen-bond donors (Lipinski definition) is 0. The highest BCUT2D eigenvalue weighted by Gasteiger charge is 2.22. The molecule has 0 heterocycles. The Labute approximate surface area is 639 Å². The number of hydrogen-bond acceptors (Lipinski definition) is 8. The highest BCUT2D eigenvalue weighted by molar-refractivity contribution is 5.70. The van der Waals surface area contributed by atoms with Gasteiger partial charge in [-0.25, -0.2) is 0 Å². The van der Waals surface area contributed by atoms with Crippen molar-refractivity contribution >= 4 is 17.9 Å². The van der Waals surface area contributed by atoms with E-state index in [1.807, 2.05) is 21.1 Å². The Kier molecular flexibility index (Phi) is 80.8. The fourth-order valence-corrected chi connectivity index (χ4v) is 13.1. The first-order chi connectivity index (χ1) is 50.6. The van der Waals surface area contributed by atoms with Gasteiger partial charge in [0.1, 0.15) is 13.2 Å². The van der Waals surface area contributed by atoms with Crippen molar-refractivity contribution in [3.63, 3.8) is 0 Å². The second-order valence-corrected chi connectivity index (χ2v) is 31.2. The van der Waals surface area contributed by atoms with E-state index in [0.29, 0.717) is 23.9 Å². The standard InChI is InChI=1S/C94H169NO8/c1-6-8-10-12-14-16-18-20-22-24-26-28-30-32-34-36-38-40-42-44-45-46-47-49-50-52-54-56-58-60-62-64-66-68-70-72-74-76-78-80-82-84-91(96)101-88-90(89-102-94(93(98)99)100-87-86-95(3,4)5)103-92(97)85-83-81-79-77-75-73-71-69-67-65-63-61-59-57-55-53-51-48-43-41-39-37-35-33-31-29-27-25-23-21-19-17-15-13-11-9-7-2/h9,11,15,17-18,20-21,23-24,26-27,29,33,35,39,41,90,94H,6-8,10,12-14,16,19,22,25,28,30-32,34,36-38,40,42-89H2,1-5H3/b11-9-,17-15-,20-18-,23-21-,26-24-,29-27-,35-33-,41-39-. The molecule has 0 fully saturated rings. The zero-order chi connectivity index (χ0) is 74.6. The Balaban J connectivity index is 3.92. The number of carbonyl (C=O) groups excluding carboxylic acids is 3. The predicted molar refractivity (Wildman–Crippen MR) is 444 cm³/mol. The molecule has 0 aromatic carbocycles. The lowest BCUT2D eigenvalue weighted by atomic mass is 10.0. The Hall–Kier alpha value is -3.79. The summed E-state index contributed by atoms with van der Waals surface area (Å²) in [5, 5.41) is 11.9. The van der Waals surface area contributed by atoms with Crippen molar-refractivity contribution in [3.8, 4) is 0 Å². The molecule has 2 unspecified atom stereocenters. The van der Waals surface area contributed by atoms with Gasteiger partial charge in [0.25, 0.3) is 0 Å².